The smallest absolute Gasteiger partial charge is 0.255 e. The Balaban J connectivity index is 2.25. The number of rotatable bonds is 4. The Hall–Kier alpha value is -2.76. The number of hydrogen-bond acceptors (Lipinski definition) is 2. The van der Waals surface area contributed by atoms with Crippen LogP contribution in [0.5, 0.6) is 0 Å². The zero-order valence-corrected chi connectivity index (χ0v) is 10.8. The highest BCUT2D eigenvalue weighted by molar-refractivity contribution is 5.97. The van der Waals surface area contributed by atoms with E-state index in [4.69, 9.17) is 5.73 Å². The van der Waals surface area contributed by atoms with Crippen LogP contribution in [-0.4, -0.2) is 11.8 Å². The molecule has 4 nitrogen and oxygen atoms in total. The second kappa shape index (κ2) is 6.13. The minimum Gasteiger partial charge on any atom is -0.368 e. The Morgan fingerprint density at radius 2 is 1.71 bits per heavy atom. The van der Waals surface area contributed by atoms with Crippen molar-refractivity contribution in [3.8, 4) is 0 Å². The number of carbonyl (C=O) groups is 2. The van der Waals surface area contributed by atoms with E-state index in [2.05, 4.69) is 5.32 Å². The highest BCUT2D eigenvalue weighted by Crippen LogP contribution is 2.15. The van der Waals surface area contributed by atoms with Gasteiger partial charge in [-0.2, -0.15) is 0 Å². The lowest BCUT2D eigenvalue weighted by Crippen LogP contribution is -2.37. The van der Waals surface area contributed by atoms with Crippen molar-refractivity contribution in [1.29, 1.82) is 0 Å². The Bertz CT molecular complexity index is 675. The molecule has 1 atom stereocenters. The quantitative estimate of drug-likeness (QED) is 0.903. The summed E-state index contributed by atoms with van der Waals surface area (Å²) in [7, 11) is 0. The molecule has 0 saturated heterocycles. The van der Waals surface area contributed by atoms with Gasteiger partial charge in [0.2, 0.25) is 5.91 Å². The maximum absolute atomic E-state index is 13.5. The minimum absolute atomic E-state index is 0.362. The van der Waals surface area contributed by atoms with Crippen molar-refractivity contribution in [2.45, 2.75) is 6.04 Å². The fourth-order valence-corrected chi connectivity index (χ4v) is 1.85. The van der Waals surface area contributed by atoms with Crippen molar-refractivity contribution in [2.24, 2.45) is 5.73 Å². The zero-order valence-electron chi connectivity index (χ0n) is 10.8. The van der Waals surface area contributed by atoms with Gasteiger partial charge in [0.15, 0.2) is 0 Å². The van der Waals surface area contributed by atoms with Crippen molar-refractivity contribution in [3.05, 3.63) is 71.3 Å². The summed E-state index contributed by atoms with van der Waals surface area (Å²) in [5.74, 6) is -3.43. The van der Waals surface area contributed by atoms with Crippen LogP contribution in [0, 0.1) is 11.6 Å². The summed E-state index contributed by atoms with van der Waals surface area (Å²) in [6, 6.07) is 9.77. The normalized spacial score (nSPS) is 11.7. The number of nitrogens with one attached hydrogen (secondary N) is 1. The lowest BCUT2D eigenvalue weighted by molar-refractivity contribution is -0.120. The van der Waals surface area contributed by atoms with Gasteiger partial charge in [0.05, 0.1) is 5.56 Å². The van der Waals surface area contributed by atoms with Crippen LogP contribution >= 0.6 is 0 Å². The van der Waals surface area contributed by atoms with E-state index in [9.17, 15) is 18.4 Å². The van der Waals surface area contributed by atoms with Crippen LogP contribution in [0.1, 0.15) is 22.0 Å². The van der Waals surface area contributed by atoms with Gasteiger partial charge in [-0.3, -0.25) is 9.59 Å². The number of nitrogens with two attached hydrogens (primary N) is 1. The van der Waals surface area contributed by atoms with Crippen molar-refractivity contribution < 1.29 is 18.4 Å². The molecule has 1 unspecified atom stereocenters. The number of halogens is 2. The third-order valence-corrected chi connectivity index (χ3v) is 2.87. The van der Waals surface area contributed by atoms with Crippen LogP contribution in [0.2, 0.25) is 0 Å². The summed E-state index contributed by atoms with van der Waals surface area (Å²) < 4.78 is 26.4. The van der Waals surface area contributed by atoms with Crippen LogP contribution in [-0.2, 0) is 4.79 Å². The molecule has 0 aliphatic heterocycles. The molecule has 0 bridgehead atoms. The number of amides is 2. The molecular formula is C15H12F2N2O2. The Morgan fingerprint density at radius 3 is 2.29 bits per heavy atom. The maximum Gasteiger partial charge on any atom is 0.255 e. The lowest BCUT2D eigenvalue weighted by atomic mass is 10.1. The third kappa shape index (κ3) is 3.42. The van der Waals surface area contributed by atoms with Crippen molar-refractivity contribution in [1.82, 2.24) is 5.32 Å². The molecule has 0 fully saturated rings. The molecule has 108 valence electrons. The molecule has 2 rings (SSSR count). The van der Waals surface area contributed by atoms with E-state index >= 15 is 0 Å². The Labute approximate surface area is 119 Å². The Morgan fingerprint density at radius 1 is 1.05 bits per heavy atom. The molecule has 0 spiro atoms. The molecule has 0 heterocycles. The molecule has 21 heavy (non-hydrogen) atoms. The molecule has 0 radical (unpaired) electrons. The summed E-state index contributed by atoms with van der Waals surface area (Å²) >= 11 is 0. The SMILES string of the molecule is NC(=O)C(NC(=O)c1ccc(F)cc1F)c1ccccc1. The monoisotopic (exact) mass is 290 g/mol. The second-order valence-corrected chi connectivity index (χ2v) is 4.34. The standard InChI is InChI=1S/C15H12F2N2O2/c16-10-6-7-11(12(17)8-10)15(21)19-13(14(18)20)9-4-2-1-3-5-9/h1-8,13H,(H2,18,20)(H,19,21). The zero-order chi connectivity index (χ0) is 15.4. The van der Waals surface area contributed by atoms with E-state index < -0.39 is 29.5 Å². The average Bonchev–Trinajstić information content (AvgIpc) is 2.45. The van der Waals surface area contributed by atoms with Gasteiger partial charge in [0.1, 0.15) is 17.7 Å². The van der Waals surface area contributed by atoms with E-state index in [-0.39, 0.29) is 5.56 Å². The number of hydrogen-bond donors (Lipinski definition) is 2. The third-order valence-electron chi connectivity index (χ3n) is 2.87. The number of carbonyl (C=O) groups excluding carboxylic acids is 2. The molecule has 0 aliphatic carbocycles. The molecule has 3 N–H and O–H groups in total. The second-order valence-electron chi connectivity index (χ2n) is 4.34. The summed E-state index contributed by atoms with van der Waals surface area (Å²) in [5, 5.41) is 2.33. The first kappa shape index (κ1) is 14.6. The first-order chi connectivity index (χ1) is 9.99. The predicted octanol–water partition coefficient (Wildman–Crippen LogP) is 1.92. The van der Waals surface area contributed by atoms with E-state index in [1.54, 1.807) is 30.3 Å². The van der Waals surface area contributed by atoms with Gasteiger partial charge < -0.3 is 11.1 Å². The molecule has 2 aromatic carbocycles. The molecule has 6 heteroatoms. The van der Waals surface area contributed by atoms with Crippen LogP contribution in [0.4, 0.5) is 8.78 Å². The maximum atomic E-state index is 13.5. The van der Waals surface area contributed by atoms with Crippen molar-refractivity contribution >= 4 is 11.8 Å². The summed E-state index contributed by atoms with van der Waals surface area (Å²) in [5.41, 5.74) is 5.36. The van der Waals surface area contributed by atoms with E-state index in [1.807, 2.05) is 0 Å². The molecular weight excluding hydrogens is 278 g/mol. The molecule has 0 aliphatic rings. The topological polar surface area (TPSA) is 72.2 Å². The first-order valence-electron chi connectivity index (χ1n) is 6.09. The van der Waals surface area contributed by atoms with Crippen molar-refractivity contribution in [3.63, 3.8) is 0 Å². The summed E-state index contributed by atoms with van der Waals surface area (Å²) in [6.07, 6.45) is 0. The molecule has 2 aromatic rings. The molecule has 0 aromatic heterocycles. The summed E-state index contributed by atoms with van der Waals surface area (Å²) in [6.45, 7) is 0. The average molecular weight is 290 g/mol. The van der Waals surface area contributed by atoms with E-state index in [0.29, 0.717) is 11.6 Å². The predicted molar refractivity (Wildman–Crippen MR) is 72.2 cm³/mol. The van der Waals surface area contributed by atoms with E-state index in [0.717, 1.165) is 12.1 Å². The summed E-state index contributed by atoms with van der Waals surface area (Å²) in [4.78, 5) is 23.4. The Kier molecular flexibility index (Phi) is 4.27. The van der Waals surface area contributed by atoms with Crippen LogP contribution in [0.15, 0.2) is 48.5 Å². The number of primary amides is 1. The van der Waals surface area contributed by atoms with Gasteiger partial charge in [-0.05, 0) is 17.7 Å². The fraction of sp³-hybridized carbons (Fsp3) is 0.0667. The highest BCUT2D eigenvalue weighted by Gasteiger charge is 2.22. The number of benzene rings is 2. The first-order valence-corrected chi connectivity index (χ1v) is 6.09. The van der Waals surface area contributed by atoms with Crippen LogP contribution in [0.3, 0.4) is 0 Å². The molecule has 0 saturated carbocycles. The van der Waals surface area contributed by atoms with Gasteiger partial charge in [-0.15, -0.1) is 0 Å². The highest BCUT2D eigenvalue weighted by atomic mass is 19.1. The van der Waals surface area contributed by atoms with E-state index in [1.165, 1.54) is 0 Å². The van der Waals surface area contributed by atoms with Gasteiger partial charge in [-0.1, -0.05) is 30.3 Å². The largest absolute Gasteiger partial charge is 0.368 e. The van der Waals surface area contributed by atoms with Crippen LogP contribution in [0.25, 0.3) is 0 Å². The molecule has 2 amide bonds. The van der Waals surface area contributed by atoms with Gasteiger partial charge >= 0.3 is 0 Å². The van der Waals surface area contributed by atoms with Crippen LogP contribution < -0.4 is 11.1 Å². The minimum atomic E-state index is -1.09. The fourth-order valence-electron chi connectivity index (χ4n) is 1.85. The van der Waals surface area contributed by atoms with Gasteiger partial charge in [-0.25, -0.2) is 8.78 Å². The lowest BCUT2D eigenvalue weighted by Gasteiger charge is -2.16. The van der Waals surface area contributed by atoms with Gasteiger partial charge in [0, 0.05) is 6.07 Å². The van der Waals surface area contributed by atoms with Crippen molar-refractivity contribution in [2.75, 3.05) is 0 Å². The van der Waals surface area contributed by atoms with Gasteiger partial charge in [0.25, 0.3) is 5.91 Å².